The van der Waals surface area contributed by atoms with Crippen molar-refractivity contribution in [3.63, 3.8) is 0 Å². The van der Waals surface area contributed by atoms with Crippen LogP contribution in [0.5, 0.6) is 0 Å². The normalized spacial score (nSPS) is 19.8. The maximum absolute atomic E-state index is 17.1. The monoisotopic (exact) mass is 649 g/mol. The summed E-state index contributed by atoms with van der Waals surface area (Å²) in [5, 5.41) is 17.4. The number of hydrogen-bond donors (Lipinski definition) is 1. The highest BCUT2D eigenvalue weighted by Crippen LogP contribution is 2.66. The Balaban J connectivity index is 1.63. The summed E-state index contributed by atoms with van der Waals surface area (Å²) >= 11 is 6.27. The first-order valence-corrected chi connectivity index (χ1v) is 15.5. The van der Waals surface area contributed by atoms with Gasteiger partial charge in [-0.1, -0.05) is 30.7 Å². The molecule has 1 saturated carbocycles. The van der Waals surface area contributed by atoms with Crippen molar-refractivity contribution in [3.05, 3.63) is 117 Å². The highest BCUT2D eigenvalue weighted by molar-refractivity contribution is 6.60. The second kappa shape index (κ2) is 11.7. The number of benzene rings is 2. The molecule has 4 aromatic rings. The van der Waals surface area contributed by atoms with Crippen LogP contribution in [-0.4, -0.2) is 75.1 Å². The van der Waals surface area contributed by atoms with Crippen LogP contribution in [0.2, 0.25) is 10.1 Å². The number of ether oxygens (including phenoxy) is 1. The Labute approximate surface area is 290 Å². The standard InChI is InChI=1S/C33H26B5ClFN5O3/c1-3-30(47,26-17-44(2)18-43-26)21-12-24-27(25(40)13-21)31(20-5-7-22(39)8-6-20,48-33(37,38)29(10-11-29)32(34,35)36)45(28(24)46)16-23-9-4-19(14-41)15-42-23/h4-9,12-13,15,17-18,47H,3,10-11,16H2,1-2H3/t30?,31-/m1/s1. The van der Waals surface area contributed by atoms with Gasteiger partial charge in [0, 0.05) is 30.0 Å². The smallest absolute Gasteiger partial charge is 0.257 e. The van der Waals surface area contributed by atoms with Gasteiger partial charge in [0.15, 0.2) is 5.72 Å². The summed E-state index contributed by atoms with van der Waals surface area (Å²) in [7, 11) is 33.8. The van der Waals surface area contributed by atoms with E-state index in [9.17, 15) is 15.2 Å². The van der Waals surface area contributed by atoms with Gasteiger partial charge in [0.05, 0.1) is 64.5 Å². The van der Waals surface area contributed by atoms with E-state index >= 15 is 4.39 Å². The van der Waals surface area contributed by atoms with E-state index in [1.165, 1.54) is 29.6 Å². The van der Waals surface area contributed by atoms with Gasteiger partial charge < -0.3 is 14.4 Å². The van der Waals surface area contributed by atoms with Crippen LogP contribution < -0.4 is 0 Å². The van der Waals surface area contributed by atoms with E-state index in [2.05, 4.69) is 9.97 Å². The zero-order valence-electron chi connectivity index (χ0n) is 26.3. The third-order valence-electron chi connectivity index (χ3n) is 9.56. The van der Waals surface area contributed by atoms with Gasteiger partial charge in [-0.3, -0.25) is 14.7 Å². The molecule has 6 rings (SSSR count). The van der Waals surface area contributed by atoms with E-state index in [0.717, 1.165) is 6.07 Å². The van der Waals surface area contributed by atoms with Crippen LogP contribution in [-0.2, 0) is 29.7 Å². The fraction of sp³-hybridized carbons (Fsp3) is 0.333. The maximum Gasteiger partial charge on any atom is 0.257 e. The van der Waals surface area contributed by atoms with Crippen LogP contribution in [0.1, 0.15) is 70.2 Å². The number of aryl methyl sites for hydroxylation is 1. The molecule has 2 aromatic heterocycles. The van der Waals surface area contributed by atoms with Crippen molar-refractivity contribution in [2.24, 2.45) is 12.5 Å². The number of halogens is 2. The highest BCUT2D eigenvalue weighted by atomic mass is 35.5. The van der Waals surface area contributed by atoms with Crippen molar-refractivity contribution >= 4 is 56.7 Å². The highest BCUT2D eigenvalue weighted by Gasteiger charge is 2.64. The molecule has 1 aliphatic heterocycles. The number of pyridine rings is 1. The van der Waals surface area contributed by atoms with Gasteiger partial charge in [-0.25, -0.2) is 9.37 Å². The van der Waals surface area contributed by atoms with Gasteiger partial charge in [0.25, 0.3) is 5.91 Å². The Kier molecular flexibility index (Phi) is 8.30. The van der Waals surface area contributed by atoms with Gasteiger partial charge >= 0.3 is 0 Å². The van der Waals surface area contributed by atoms with E-state index in [4.69, 9.17) is 55.6 Å². The minimum absolute atomic E-state index is 0.0898. The van der Waals surface area contributed by atoms with Gasteiger partial charge in [0.1, 0.15) is 33.2 Å². The number of carbonyl (C=O) groups excluding carboxylic acids is 1. The average molecular weight is 649 g/mol. The molecular formula is C33H26B5ClFN5O3. The number of rotatable bonds is 10. The summed E-state index contributed by atoms with van der Waals surface area (Å²) in [5.41, 5.74) is -4.42. The molecule has 48 heavy (non-hydrogen) atoms. The Bertz CT molecular complexity index is 1940. The molecule has 3 heterocycles. The number of hydrogen-bond acceptors (Lipinski definition) is 6. The van der Waals surface area contributed by atoms with Crippen molar-refractivity contribution < 1.29 is 19.0 Å². The molecule has 1 fully saturated rings. The zero-order valence-corrected chi connectivity index (χ0v) is 27.1. The number of nitrogens with zero attached hydrogens (tertiary/aromatic N) is 5. The molecule has 0 spiro atoms. The number of aromatic nitrogens is 3. The van der Waals surface area contributed by atoms with E-state index in [-0.39, 0.29) is 53.8 Å². The average Bonchev–Trinajstić information content (AvgIpc) is 3.73. The lowest BCUT2D eigenvalue weighted by molar-refractivity contribution is -0.159. The second-order valence-electron chi connectivity index (χ2n) is 12.6. The lowest BCUT2D eigenvalue weighted by atomic mass is 9.30. The molecule has 0 saturated heterocycles. The fourth-order valence-corrected chi connectivity index (χ4v) is 6.77. The van der Waals surface area contributed by atoms with Gasteiger partial charge in [-0.15, -0.1) is 5.11 Å². The van der Waals surface area contributed by atoms with Crippen molar-refractivity contribution in [2.75, 3.05) is 0 Å². The van der Waals surface area contributed by atoms with Gasteiger partial charge in [-0.05, 0) is 72.0 Å². The molecule has 2 atom stereocenters. The van der Waals surface area contributed by atoms with Crippen molar-refractivity contribution in [1.82, 2.24) is 19.4 Å². The Morgan fingerprint density at radius 1 is 1.10 bits per heavy atom. The van der Waals surface area contributed by atoms with Crippen molar-refractivity contribution in [3.8, 4) is 6.07 Å². The second-order valence-corrected chi connectivity index (χ2v) is 13.1. The Morgan fingerprint density at radius 3 is 2.31 bits per heavy atom. The fourth-order valence-electron chi connectivity index (χ4n) is 6.64. The lowest BCUT2D eigenvalue weighted by Crippen LogP contribution is -2.59. The lowest BCUT2D eigenvalue weighted by Gasteiger charge is -2.52. The van der Waals surface area contributed by atoms with E-state index in [0.29, 0.717) is 16.3 Å². The summed E-state index contributed by atoms with van der Waals surface area (Å²) in [4.78, 5) is 24.6. The molecule has 1 N–H and O–H groups in total. The molecule has 10 radical (unpaired) electrons. The molecule has 2 aromatic carbocycles. The molecule has 8 nitrogen and oxygen atoms in total. The summed E-state index contributed by atoms with van der Waals surface area (Å²) < 4.78 is 25.4. The number of fused-ring (bicyclic) bond motifs is 1. The third kappa shape index (κ3) is 5.22. The predicted molar refractivity (Wildman–Crippen MR) is 181 cm³/mol. The topological polar surface area (TPSA) is 104 Å². The van der Waals surface area contributed by atoms with E-state index in [1.54, 1.807) is 55.1 Å². The summed E-state index contributed by atoms with van der Waals surface area (Å²) in [6.45, 7) is 1.47. The molecule has 1 aliphatic carbocycles. The first-order chi connectivity index (χ1) is 22.5. The van der Waals surface area contributed by atoms with Crippen LogP contribution in [0, 0.1) is 22.6 Å². The Morgan fingerprint density at radius 2 is 1.79 bits per heavy atom. The van der Waals surface area contributed by atoms with Crippen molar-refractivity contribution in [2.45, 2.75) is 54.6 Å². The predicted octanol–water partition coefficient (Wildman–Crippen LogP) is 3.35. The SMILES string of the molecule is [B]C([B])([B])C1(C([B])([B])O[C@]2(c3ccc(Cl)cc3)c3c(F)cc(C(O)(CC)c4cn(C)cn4)cc3C(=O)N2Cc2ccc(C#N)cn2)CC1. The minimum atomic E-state index is -2.23. The largest absolute Gasteiger partial charge is 0.379 e. The van der Waals surface area contributed by atoms with Crippen LogP contribution in [0.25, 0.3) is 0 Å². The van der Waals surface area contributed by atoms with E-state index < -0.39 is 39.0 Å². The molecule has 1 amide bonds. The number of imidazole rings is 1. The first kappa shape index (κ1) is 34.1. The summed E-state index contributed by atoms with van der Waals surface area (Å²) in [6.07, 6.45) is 5.16. The van der Waals surface area contributed by atoms with Crippen LogP contribution in [0.15, 0.2) is 67.3 Å². The molecule has 15 heteroatoms. The number of amides is 1. The van der Waals surface area contributed by atoms with Crippen molar-refractivity contribution in [1.29, 1.82) is 5.26 Å². The minimum Gasteiger partial charge on any atom is -0.379 e. The Hall–Kier alpha value is -3.78. The first-order valence-electron chi connectivity index (χ1n) is 15.2. The van der Waals surface area contributed by atoms with E-state index in [1.807, 2.05) is 6.07 Å². The van der Waals surface area contributed by atoms with Gasteiger partial charge in [0.2, 0.25) is 0 Å². The van der Waals surface area contributed by atoms with Crippen LogP contribution in [0.3, 0.4) is 0 Å². The number of aliphatic hydroxyl groups is 1. The third-order valence-corrected chi connectivity index (χ3v) is 9.81. The van der Waals surface area contributed by atoms with Crippen LogP contribution >= 0.6 is 11.6 Å². The quantitative estimate of drug-likeness (QED) is 0.265. The molecule has 230 valence electrons. The molecule has 1 unspecified atom stereocenters. The maximum atomic E-state index is 17.1. The zero-order chi connectivity index (χ0) is 34.9. The number of nitriles is 1. The van der Waals surface area contributed by atoms with Crippen LogP contribution in [0.4, 0.5) is 4.39 Å². The number of carbonyl (C=O) groups is 1. The molecule has 2 aliphatic rings. The molecule has 0 bridgehead atoms. The summed E-state index contributed by atoms with van der Waals surface area (Å²) in [5.74, 6) is -1.59. The summed E-state index contributed by atoms with van der Waals surface area (Å²) in [6, 6.07) is 13.9. The molecular weight excluding hydrogens is 623 g/mol. The van der Waals surface area contributed by atoms with Gasteiger partial charge in [-0.2, -0.15) is 5.26 Å².